The Labute approximate surface area is 116 Å². The van der Waals surface area contributed by atoms with Gasteiger partial charge in [-0.15, -0.1) is 0 Å². The van der Waals surface area contributed by atoms with Crippen LogP contribution in [0.4, 0.5) is 4.79 Å². The van der Waals surface area contributed by atoms with Crippen molar-refractivity contribution < 1.29 is 9.59 Å². The molecule has 0 bridgehead atoms. The van der Waals surface area contributed by atoms with Crippen LogP contribution in [-0.2, 0) is 4.79 Å². The molecule has 1 aliphatic heterocycles. The van der Waals surface area contributed by atoms with Crippen molar-refractivity contribution in [2.45, 2.75) is 72.4 Å². The zero-order chi connectivity index (χ0) is 14.6. The number of rotatable bonds is 7. The summed E-state index contributed by atoms with van der Waals surface area (Å²) in [6.07, 6.45) is 3.99. The molecule has 0 aromatic rings. The molecule has 2 unspecified atom stereocenters. The molecule has 1 N–H and O–H groups in total. The van der Waals surface area contributed by atoms with Gasteiger partial charge in [-0.2, -0.15) is 0 Å². The summed E-state index contributed by atoms with van der Waals surface area (Å²) in [6, 6.07) is -0.544. The fourth-order valence-corrected chi connectivity index (χ4v) is 2.50. The van der Waals surface area contributed by atoms with Crippen LogP contribution in [0.25, 0.3) is 0 Å². The van der Waals surface area contributed by atoms with Crippen LogP contribution >= 0.6 is 0 Å². The molecular formula is C15H28N2O2. The van der Waals surface area contributed by atoms with E-state index in [0.29, 0.717) is 5.92 Å². The Morgan fingerprint density at radius 2 is 1.79 bits per heavy atom. The average molecular weight is 268 g/mol. The fraction of sp³-hybridized carbons (Fsp3) is 0.867. The minimum Gasteiger partial charge on any atom is -0.326 e. The number of hydrogen-bond donors (Lipinski definition) is 1. The van der Waals surface area contributed by atoms with Crippen LogP contribution in [0.2, 0.25) is 0 Å². The standard InChI is InChI=1S/C15H28N2O2/c1-6-11(4)13-14(18)17(15(19)16-13)12(5)9-7-8-10(2)3/h10-13H,6-9H2,1-5H3,(H,16,19)/t11?,12?,13-/m0/s1. The maximum atomic E-state index is 12.3. The fourth-order valence-electron chi connectivity index (χ4n) is 2.50. The molecule has 0 aliphatic carbocycles. The van der Waals surface area contributed by atoms with Crippen molar-refractivity contribution >= 4 is 11.9 Å². The van der Waals surface area contributed by atoms with Crippen molar-refractivity contribution in [3.8, 4) is 0 Å². The Hall–Kier alpha value is -1.06. The smallest absolute Gasteiger partial charge is 0.325 e. The number of nitrogens with one attached hydrogen (secondary N) is 1. The summed E-state index contributed by atoms with van der Waals surface area (Å²) >= 11 is 0. The number of nitrogens with zero attached hydrogens (tertiary/aromatic N) is 1. The van der Waals surface area contributed by atoms with Crippen LogP contribution in [-0.4, -0.2) is 28.9 Å². The lowest BCUT2D eigenvalue weighted by molar-refractivity contribution is -0.129. The molecule has 0 aromatic carbocycles. The van der Waals surface area contributed by atoms with Crippen molar-refractivity contribution in [1.29, 1.82) is 0 Å². The molecule has 4 heteroatoms. The number of amides is 3. The van der Waals surface area contributed by atoms with Gasteiger partial charge in [0, 0.05) is 6.04 Å². The van der Waals surface area contributed by atoms with Gasteiger partial charge in [-0.1, -0.05) is 47.0 Å². The van der Waals surface area contributed by atoms with Crippen LogP contribution in [0.15, 0.2) is 0 Å². The van der Waals surface area contributed by atoms with E-state index in [4.69, 9.17) is 0 Å². The van der Waals surface area contributed by atoms with Crippen LogP contribution in [0, 0.1) is 11.8 Å². The molecule has 1 heterocycles. The summed E-state index contributed by atoms with van der Waals surface area (Å²) in [5.41, 5.74) is 0. The highest BCUT2D eigenvalue weighted by molar-refractivity contribution is 6.04. The first kappa shape index (κ1) is 16.0. The van der Waals surface area contributed by atoms with Crippen LogP contribution < -0.4 is 5.32 Å². The minimum absolute atomic E-state index is 0.000283. The van der Waals surface area contributed by atoms with E-state index in [1.165, 1.54) is 4.90 Å². The van der Waals surface area contributed by atoms with Crippen molar-refractivity contribution in [2.24, 2.45) is 11.8 Å². The van der Waals surface area contributed by atoms with E-state index in [0.717, 1.165) is 25.7 Å². The molecule has 0 spiro atoms. The molecule has 4 nitrogen and oxygen atoms in total. The van der Waals surface area contributed by atoms with Crippen molar-refractivity contribution in [3.63, 3.8) is 0 Å². The Morgan fingerprint density at radius 3 is 2.32 bits per heavy atom. The summed E-state index contributed by atoms with van der Waals surface area (Å²) in [5, 5.41) is 2.82. The normalized spacial score (nSPS) is 22.8. The maximum absolute atomic E-state index is 12.3. The molecule has 110 valence electrons. The predicted octanol–water partition coefficient (Wildman–Crippen LogP) is 3.17. The zero-order valence-corrected chi connectivity index (χ0v) is 12.9. The molecular weight excluding hydrogens is 240 g/mol. The van der Waals surface area contributed by atoms with E-state index in [1.807, 2.05) is 20.8 Å². The van der Waals surface area contributed by atoms with Crippen LogP contribution in [0.3, 0.4) is 0 Å². The average Bonchev–Trinajstić information content (AvgIpc) is 2.63. The maximum Gasteiger partial charge on any atom is 0.325 e. The molecule has 3 atom stereocenters. The largest absolute Gasteiger partial charge is 0.326 e. The number of urea groups is 1. The predicted molar refractivity (Wildman–Crippen MR) is 76.8 cm³/mol. The Bertz CT molecular complexity index is 328. The molecule has 0 aromatic heterocycles. The number of carbonyl (C=O) groups is 2. The lowest BCUT2D eigenvalue weighted by atomic mass is 9.98. The molecule has 0 radical (unpaired) electrons. The Balaban J connectivity index is 2.57. The summed E-state index contributed by atoms with van der Waals surface area (Å²) in [5.74, 6) is 0.823. The number of imide groups is 1. The molecule has 1 fully saturated rings. The SMILES string of the molecule is CCC(C)[C@@H]1NC(=O)N(C(C)CCCC(C)C)C1=O. The van der Waals surface area contributed by atoms with Gasteiger partial charge in [0.25, 0.3) is 5.91 Å². The molecule has 1 rings (SSSR count). The van der Waals surface area contributed by atoms with E-state index in [1.54, 1.807) is 0 Å². The second-order valence-electron chi connectivity index (χ2n) is 6.19. The van der Waals surface area contributed by atoms with Gasteiger partial charge in [0.05, 0.1) is 0 Å². The van der Waals surface area contributed by atoms with E-state index < -0.39 is 0 Å². The summed E-state index contributed by atoms with van der Waals surface area (Å²) in [4.78, 5) is 25.7. The Kier molecular flexibility index (Phi) is 5.83. The van der Waals surface area contributed by atoms with Gasteiger partial charge in [-0.05, 0) is 25.2 Å². The van der Waals surface area contributed by atoms with Crippen molar-refractivity contribution in [2.75, 3.05) is 0 Å². The number of carbonyl (C=O) groups excluding carboxylic acids is 2. The van der Waals surface area contributed by atoms with Gasteiger partial charge in [-0.3, -0.25) is 9.69 Å². The Morgan fingerprint density at radius 1 is 1.16 bits per heavy atom. The molecule has 19 heavy (non-hydrogen) atoms. The monoisotopic (exact) mass is 268 g/mol. The van der Waals surface area contributed by atoms with E-state index in [2.05, 4.69) is 19.2 Å². The minimum atomic E-state index is -0.329. The summed E-state index contributed by atoms with van der Waals surface area (Å²) in [6.45, 7) is 10.4. The summed E-state index contributed by atoms with van der Waals surface area (Å²) in [7, 11) is 0. The first-order valence-electron chi connectivity index (χ1n) is 7.52. The van der Waals surface area contributed by atoms with Crippen LogP contribution in [0.5, 0.6) is 0 Å². The lowest BCUT2D eigenvalue weighted by Crippen LogP contribution is -2.40. The molecule has 0 saturated carbocycles. The van der Waals surface area contributed by atoms with Gasteiger partial charge in [-0.25, -0.2) is 4.79 Å². The third kappa shape index (κ3) is 3.95. The van der Waals surface area contributed by atoms with Crippen molar-refractivity contribution in [3.05, 3.63) is 0 Å². The number of hydrogen-bond acceptors (Lipinski definition) is 2. The quantitative estimate of drug-likeness (QED) is 0.721. The van der Waals surface area contributed by atoms with Gasteiger partial charge in [0.1, 0.15) is 6.04 Å². The molecule has 1 aliphatic rings. The van der Waals surface area contributed by atoms with Crippen molar-refractivity contribution in [1.82, 2.24) is 10.2 Å². The first-order chi connectivity index (χ1) is 8.88. The van der Waals surface area contributed by atoms with Gasteiger partial charge in [0.2, 0.25) is 0 Å². The summed E-state index contributed by atoms with van der Waals surface area (Å²) < 4.78 is 0. The van der Waals surface area contributed by atoms with Gasteiger partial charge in [0.15, 0.2) is 0 Å². The zero-order valence-electron chi connectivity index (χ0n) is 12.9. The van der Waals surface area contributed by atoms with E-state index in [-0.39, 0.29) is 29.9 Å². The first-order valence-corrected chi connectivity index (χ1v) is 7.52. The second kappa shape index (κ2) is 6.92. The van der Waals surface area contributed by atoms with Gasteiger partial charge >= 0.3 is 6.03 Å². The van der Waals surface area contributed by atoms with Crippen LogP contribution in [0.1, 0.15) is 60.3 Å². The second-order valence-corrected chi connectivity index (χ2v) is 6.19. The third-order valence-electron chi connectivity index (χ3n) is 4.06. The topological polar surface area (TPSA) is 49.4 Å². The van der Waals surface area contributed by atoms with E-state index in [9.17, 15) is 9.59 Å². The molecule has 3 amide bonds. The van der Waals surface area contributed by atoms with E-state index >= 15 is 0 Å². The molecule has 1 saturated heterocycles. The van der Waals surface area contributed by atoms with Gasteiger partial charge < -0.3 is 5.32 Å². The highest BCUT2D eigenvalue weighted by Gasteiger charge is 2.42. The third-order valence-corrected chi connectivity index (χ3v) is 4.06. The highest BCUT2D eigenvalue weighted by Crippen LogP contribution is 2.21. The lowest BCUT2D eigenvalue weighted by Gasteiger charge is -2.22. The highest BCUT2D eigenvalue weighted by atomic mass is 16.2.